The van der Waals surface area contributed by atoms with Crippen molar-refractivity contribution in [1.82, 2.24) is 0 Å². The van der Waals surface area contributed by atoms with Crippen molar-refractivity contribution in [3.05, 3.63) is 11.4 Å². The third kappa shape index (κ3) is 2.88. The van der Waals surface area contributed by atoms with Crippen LogP contribution in [-0.2, 0) is 13.8 Å². The Morgan fingerprint density at radius 2 is 2.20 bits per heavy atom. The summed E-state index contributed by atoms with van der Waals surface area (Å²) in [7, 11) is -0.920. The van der Waals surface area contributed by atoms with Gasteiger partial charge in [-0.3, -0.25) is 0 Å². The molecule has 4 nitrogen and oxygen atoms in total. The van der Waals surface area contributed by atoms with E-state index in [-0.39, 0.29) is 17.8 Å². The normalized spacial score (nSPS) is 40.8. The van der Waals surface area contributed by atoms with E-state index in [9.17, 15) is 0 Å². The Morgan fingerprint density at radius 1 is 1.45 bits per heavy atom. The van der Waals surface area contributed by atoms with Gasteiger partial charge in [0.15, 0.2) is 8.38 Å². The van der Waals surface area contributed by atoms with Crippen LogP contribution in [0, 0.1) is 18.4 Å². The minimum atomic E-state index is -0.920. The van der Waals surface area contributed by atoms with Gasteiger partial charge in [-0.25, -0.2) is 6.57 Å². The molecule has 0 N–H and O–H groups in total. The molecule has 2 bridgehead atoms. The molecule has 5 heteroatoms. The average Bonchev–Trinajstić information content (AvgIpc) is 2.87. The second-order valence-electron chi connectivity index (χ2n) is 5.87. The summed E-state index contributed by atoms with van der Waals surface area (Å²) in [6.45, 7) is 16.3. The summed E-state index contributed by atoms with van der Waals surface area (Å²) in [6, 6.07) is 0. The van der Waals surface area contributed by atoms with Gasteiger partial charge >= 0.3 is 0 Å². The predicted molar refractivity (Wildman–Crippen MR) is 80.6 cm³/mol. The number of ether oxygens (including phenoxy) is 1. The Morgan fingerprint density at radius 3 is 2.80 bits per heavy atom. The molecule has 1 heterocycles. The maximum absolute atomic E-state index is 6.78. The van der Waals surface area contributed by atoms with E-state index in [4.69, 9.17) is 20.4 Å². The van der Waals surface area contributed by atoms with Gasteiger partial charge in [-0.1, -0.05) is 20.3 Å². The van der Waals surface area contributed by atoms with Gasteiger partial charge in [0, 0.05) is 12.6 Å². The van der Waals surface area contributed by atoms with Crippen LogP contribution in [0.3, 0.4) is 0 Å². The minimum Gasteiger partial charge on any atom is -0.369 e. The second-order valence-corrected chi connectivity index (χ2v) is 7.22. The van der Waals surface area contributed by atoms with Gasteiger partial charge in [0.25, 0.3) is 0 Å². The lowest BCUT2D eigenvalue weighted by Gasteiger charge is -2.33. The van der Waals surface area contributed by atoms with E-state index in [1.807, 2.05) is 6.66 Å². The zero-order chi connectivity index (χ0) is 14.8. The molecule has 0 aromatic rings. The Hall–Kier alpha value is -0.200. The SMILES string of the molecule is [C-]#[N+]CCOP(C)O[C@@H]1[C@H]2C(CC)C[C@@]1(CC)O[C@H]2C. The first kappa shape index (κ1) is 16.2. The highest BCUT2D eigenvalue weighted by Crippen LogP contribution is 2.58. The predicted octanol–water partition coefficient (Wildman–Crippen LogP) is 3.86. The van der Waals surface area contributed by atoms with Crippen LogP contribution < -0.4 is 0 Å². The monoisotopic (exact) mass is 299 g/mol. The van der Waals surface area contributed by atoms with Crippen LogP contribution >= 0.6 is 8.38 Å². The van der Waals surface area contributed by atoms with E-state index in [2.05, 4.69) is 25.6 Å². The molecule has 1 aliphatic carbocycles. The average molecular weight is 299 g/mol. The van der Waals surface area contributed by atoms with Crippen LogP contribution in [0.2, 0.25) is 0 Å². The fourth-order valence-corrected chi connectivity index (χ4v) is 4.96. The first-order valence-corrected chi connectivity index (χ1v) is 9.24. The fourth-order valence-electron chi connectivity index (χ4n) is 3.90. The Balaban J connectivity index is 2.01. The fraction of sp³-hybridized carbons (Fsp3) is 0.933. The molecular formula is C15H26NO3P. The van der Waals surface area contributed by atoms with Gasteiger partial charge in [-0.05, 0) is 25.7 Å². The van der Waals surface area contributed by atoms with Gasteiger partial charge in [0.05, 0.1) is 17.8 Å². The van der Waals surface area contributed by atoms with Gasteiger partial charge in [0.2, 0.25) is 6.54 Å². The molecule has 20 heavy (non-hydrogen) atoms. The number of rotatable bonds is 7. The van der Waals surface area contributed by atoms with E-state index >= 15 is 0 Å². The van der Waals surface area contributed by atoms with Crippen LogP contribution in [0.5, 0.6) is 0 Å². The van der Waals surface area contributed by atoms with Crippen molar-refractivity contribution in [1.29, 1.82) is 0 Å². The van der Waals surface area contributed by atoms with Gasteiger partial charge < -0.3 is 18.6 Å². The summed E-state index contributed by atoms with van der Waals surface area (Å²) in [5.74, 6) is 1.20. The molecule has 2 rings (SSSR count). The molecule has 6 atom stereocenters. The van der Waals surface area contributed by atoms with Crippen molar-refractivity contribution in [2.75, 3.05) is 19.8 Å². The Bertz CT molecular complexity index is 373. The first-order valence-electron chi connectivity index (χ1n) is 7.62. The second kappa shape index (κ2) is 6.71. The molecule has 2 unspecified atom stereocenters. The number of hydrogen-bond donors (Lipinski definition) is 0. The molecule has 0 aromatic carbocycles. The van der Waals surface area contributed by atoms with Crippen LogP contribution in [0.15, 0.2) is 0 Å². The quantitative estimate of drug-likeness (QED) is 0.406. The lowest BCUT2D eigenvalue weighted by molar-refractivity contribution is -0.0947. The molecule has 0 radical (unpaired) electrons. The van der Waals surface area contributed by atoms with Crippen molar-refractivity contribution < 1.29 is 13.8 Å². The van der Waals surface area contributed by atoms with Crippen LogP contribution in [0.4, 0.5) is 0 Å². The van der Waals surface area contributed by atoms with E-state index in [0.717, 1.165) is 12.8 Å². The third-order valence-corrected chi connectivity index (χ3v) is 5.91. The van der Waals surface area contributed by atoms with Crippen LogP contribution in [0.25, 0.3) is 4.85 Å². The maximum atomic E-state index is 6.78. The van der Waals surface area contributed by atoms with Crippen molar-refractivity contribution in [2.45, 2.75) is 57.8 Å². The summed E-state index contributed by atoms with van der Waals surface area (Å²) in [4.78, 5) is 3.30. The number of nitrogens with zero attached hydrogens (tertiary/aromatic N) is 1. The maximum Gasteiger partial charge on any atom is 0.238 e. The standard InChI is InChI=1S/C15H26NO3P/c1-6-12-10-15(7-2)14(13(12)11(3)18-15)19-20(5)17-9-8-16-4/h11-14H,6-10H2,1-3,5H3/t11-,12?,13+,14+,15+,20?/m0/s1. The zero-order valence-electron chi connectivity index (χ0n) is 13.0. The third-order valence-electron chi connectivity index (χ3n) is 4.84. The molecule has 2 aliphatic rings. The molecule has 0 aromatic heterocycles. The molecule has 2 fully saturated rings. The van der Waals surface area contributed by atoms with Crippen molar-refractivity contribution in [3.8, 4) is 0 Å². The van der Waals surface area contributed by atoms with E-state index < -0.39 is 8.38 Å². The van der Waals surface area contributed by atoms with Crippen molar-refractivity contribution in [2.24, 2.45) is 11.8 Å². The highest BCUT2D eigenvalue weighted by Gasteiger charge is 2.62. The highest BCUT2D eigenvalue weighted by atomic mass is 31.2. The van der Waals surface area contributed by atoms with Crippen molar-refractivity contribution >= 4 is 8.38 Å². The molecule has 1 saturated heterocycles. The van der Waals surface area contributed by atoms with Gasteiger partial charge in [-0.15, -0.1) is 0 Å². The zero-order valence-corrected chi connectivity index (χ0v) is 13.9. The van der Waals surface area contributed by atoms with Gasteiger partial charge in [-0.2, -0.15) is 0 Å². The molecule has 1 saturated carbocycles. The largest absolute Gasteiger partial charge is 0.369 e. The summed E-state index contributed by atoms with van der Waals surface area (Å²) < 4.78 is 18.1. The smallest absolute Gasteiger partial charge is 0.238 e. The minimum absolute atomic E-state index is 0.107. The van der Waals surface area contributed by atoms with Crippen LogP contribution in [-0.4, -0.2) is 37.6 Å². The highest BCUT2D eigenvalue weighted by molar-refractivity contribution is 7.46. The van der Waals surface area contributed by atoms with E-state index in [1.54, 1.807) is 0 Å². The van der Waals surface area contributed by atoms with Crippen LogP contribution in [0.1, 0.15) is 40.0 Å². The number of hydrogen-bond acceptors (Lipinski definition) is 3. The molecule has 0 spiro atoms. The first-order chi connectivity index (χ1) is 9.57. The topological polar surface area (TPSA) is 32.0 Å². The summed E-state index contributed by atoms with van der Waals surface area (Å²) >= 11 is 0. The number of fused-ring (bicyclic) bond motifs is 2. The van der Waals surface area contributed by atoms with E-state index in [1.165, 1.54) is 6.42 Å². The molecule has 0 amide bonds. The molecule has 1 aliphatic heterocycles. The molecule has 114 valence electrons. The Kier molecular flexibility index (Phi) is 5.42. The van der Waals surface area contributed by atoms with Crippen molar-refractivity contribution in [3.63, 3.8) is 0 Å². The Labute approximate surface area is 123 Å². The summed E-state index contributed by atoms with van der Waals surface area (Å²) in [5, 5.41) is 0. The van der Waals surface area contributed by atoms with E-state index in [0.29, 0.717) is 25.0 Å². The lowest BCUT2D eigenvalue weighted by Crippen LogP contribution is -2.37. The summed E-state index contributed by atoms with van der Waals surface area (Å²) in [5.41, 5.74) is -0.107. The summed E-state index contributed by atoms with van der Waals surface area (Å²) in [6.07, 6.45) is 3.76. The molecular weight excluding hydrogens is 273 g/mol. The lowest BCUT2D eigenvalue weighted by atomic mass is 9.88. The van der Waals surface area contributed by atoms with Gasteiger partial charge in [0.1, 0.15) is 6.61 Å².